The van der Waals surface area contributed by atoms with Crippen molar-refractivity contribution in [2.24, 2.45) is 0 Å². The highest BCUT2D eigenvalue weighted by Crippen LogP contribution is 2.43. The molecule has 0 atom stereocenters. The fourth-order valence-corrected chi connectivity index (χ4v) is 4.62. The van der Waals surface area contributed by atoms with Crippen LogP contribution < -0.4 is 4.74 Å². The summed E-state index contributed by atoms with van der Waals surface area (Å²) in [5.41, 5.74) is 1.14. The number of ether oxygens (including phenoxy) is 1. The number of nitrogens with zero attached hydrogens (tertiary/aromatic N) is 3. The maximum atomic E-state index is 5.86. The minimum absolute atomic E-state index is 0.158. The van der Waals surface area contributed by atoms with Gasteiger partial charge in [-0.05, 0) is 75.9 Å². The summed E-state index contributed by atoms with van der Waals surface area (Å²) in [4.78, 5) is 7.44. The van der Waals surface area contributed by atoms with Crippen LogP contribution in [0.2, 0.25) is 0 Å². The van der Waals surface area contributed by atoms with Gasteiger partial charge in [-0.2, -0.15) is 4.98 Å². The molecule has 0 amide bonds. The highest BCUT2D eigenvalue weighted by atomic mass is 16.5. The first-order valence-corrected chi connectivity index (χ1v) is 11.6. The van der Waals surface area contributed by atoms with Crippen LogP contribution in [0, 0.1) is 0 Å². The summed E-state index contributed by atoms with van der Waals surface area (Å²) in [6.07, 6.45) is 6.65. The molecule has 1 saturated carbocycles. The molecule has 2 aliphatic rings. The zero-order valence-corrected chi connectivity index (χ0v) is 18.1. The van der Waals surface area contributed by atoms with E-state index in [9.17, 15) is 0 Å². The molecular formula is C26H31N3O2. The highest BCUT2D eigenvalue weighted by molar-refractivity contribution is 5.33. The lowest BCUT2D eigenvalue weighted by atomic mass is 9.72. The van der Waals surface area contributed by atoms with Gasteiger partial charge in [0.1, 0.15) is 5.75 Å². The van der Waals surface area contributed by atoms with Crippen LogP contribution in [0.5, 0.6) is 5.75 Å². The van der Waals surface area contributed by atoms with Crippen molar-refractivity contribution in [1.29, 1.82) is 0 Å². The summed E-state index contributed by atoms with van der Waals surface area (Å²) in [6.45, 7) is 3.99. The van der Waals surface area contributed by atoms with Crippen molar-refractivity contribution in [3.8, 4) is 5.75 Å². The lowest BCUT2D eigenvalue weighted by Crippen LogP contribution is -2.44. The van der Waals surface area contributed by atoms with Crippen molar-refractivity contribution in [3.05, 3.63) is 77.9 Å². The Labute approximate surface area is 184 Å². The molecular weight excluding hydrogens is 386 g/mol. The molecule has 2 aromatic carbocycles. The number of rotatable bonds is 9. The van der Waals surface area contributed by atoms with Gasteiger partial charge in [-0.15, -0.1) is 0 Å². The van der Waals surface area contributed by atoms with Crippen LogP contribution in [0.3, 0.4) is 0 Å². The van der Waals surface area contributed by atoms with Gasteiger partial charge in [-0.1, -0.05) is 53.7 Å². The molecule has 0 N–H and O–H groups in total. The Balaban J connectivity index is 1.17. The maximum absolute atomic E-state index is 5.86. The van der Waals surface area contributed by atoms with Crippen LogP contribution in [-0.2, 0) is 5.41 Å². The van der Waals surface area contributed by atoms with E-state index in [0.29, 0.717) is 5.92 Å². The minimum atomic E-state index is -0.158. The number of benzene rings is 2. The molecule has 162 valence electrons. The van der Waals surface area contributed by atoms with E-state index >= 15 is 0 Å². The summed E-state index contributed by atoms with van der Waals surface area (Å²) in [6, 6.07) is 20.8. The van der Waals surface area contributed by atoms with E-state index in [0.717, 1.165) is 69.4 Å². The molecule has 0 spiro atoms. The van der Waals surface area contributed by atoms with Crippen molar-refractivity contribution in [1.82, 2.24) is 15.0 Å². The quantitative estimate of drug-likeness (QED) is 0.449. The number of hydrogen-bond donors (Lipinski definition) is 0. The molecule has 0 radical (unpaired) electrons. The van der Waals surface area contributed by atoms with Crippen LogP contribution >= 0.6 is 0 Å². The third-order valence-corrected chi connectivity index (χ3v) is 6.71. The fraction of sp³-hybridized carbons (Fsp3) is 0.462. The summed E-state index contributed by atoms with van der Waals surface area (Å²) in [7, 11) is 0. The largest absolute Gasteiger partial charge is 0.494 e. The molecule has 5 rings (SSSR count). The van der Waals surface area contributed by atoms with Gasteiger partial charge in [-0.3, -0.25) is 0 Å². The number of hydrogen-bond acceptors (Lipinski definition) is 5. The summed E-state index contributed by atoms with van der Waals surface area (Å²) < 4.78 is 11.7. The summed E-state index contributed by atoms with van der Waals surface area (Å²) >= 11 is 0. The molecule has 31 heavy (non-hydrogen) atoms. The van der Waals surface area contributed by atoms with Gasteiger partial charge in [0.15, 0.2) is 5.82 Å². The standard InChI is InChI=1S/C26H31N3O2/c1-3-9-22(10-4-1)26(25-27-24(28-31-25)21-13-14-21)15-18-29(19-16-26)17-7-8-20-30-23-11-5-2-6-12-23/h1-6,9-12,21H,7-8,13-20H2. The van der Waals surface area contributed by atoms with E-state index in [1.165, 1.54) is 18.4 Å². The van der Waals surface area contributed by atoms with Crippen molar-refractivity contribution in [2.45, 2.75) is 49.9 Å². The molecule has 1 aromatic heterocycles. The number of likely N-dealkylation sites (tertiary alicyclic amines) is 1. The van der Waals surface area contributed by atoms with Crippen LogP contribution in [0.25, 0.3) is 0 Å². The molecule has 5 heteroatoms. The Hall–Kier alpha value is -2.66. The first-order chi connectivity index (χ1) is 15.3. The Morgan fingerprint density at radius 1 is 0.935 bits per heavy atom. The average Bonchev–Trinajstić information content (AvgIpc) is 3.57. The SMILES string of the molecule is c1ccc(OCCCCN2CCC(c3ccccc3)(c3nc(C4CC4)no3)CC2)cc1. The molecule has 2 fully saturated rings. The van der Waals surface area contributed by atoms with Crippen molar-refractivity contribution >= 4 is 0 Å². The van der Waals surface area contributed by atoms with E-state index in [1.54, 1.807) is 0 Å². The highest BCUT2D eigenvalue weighted by Gasteiger charge is 2.43. The first kappa shape index (κ1) is 20.3. The zero-order chi connectivity index (χ0) is 20.9. The second-order valence-electron chi connectivity index (χ2n) is 8.89. The van der Waals surface area contributed by atoms with Gasteiger partial charge in [0.05, 0.1) is 12.0 Å². The Bertz CT molecular complexity index is 945. The molecule has 5 nitrogen and oxygen atoms in total. The maximum Gasteiger partial charge on any atom is 0.237 e. The Morgan fingerprint density at radius 3 is 2.35 bits per heavy atom. The van der Waals surface area contributed by atoms with Crippen LogP contribution in [0.4, 0.5) is 0 Å². The first-order valence-electron chi connectivity index (χ1n) is 11.6. The molecule has 1 aliphatic heterocycles. The monoisotopic (exact) mass is 417 g/mol. The van der Waals surface area contributed by atoms with Crippen LogP contribution in [-0.4, -0.2) is 41.3 Å². The molecule has 1 aliphatic carbocycles. The van der Waals surface area contributed by atoms with E-state index in [2.05, 4.69) is 40.4 Å². The third-order valence-electron chi connectivity index (χ3n) is 6.71. The van der Waals surface area contributed by atoms with Crippen molar-refractivity contribution < 1.29 is 9.26 Å². The smallest absolute Gasteiger partial charge is 0.237 e. The fourth-order valence-electron chi connectivity index (χ4n) is 4.62. The predicted molar refractivity (Wildman–Crippen MR) is 120 cm³/mol. The van der Waals surface area contributed by atoms with E-state index in [1.807, 2.05) is 30.3 Å². The second kappa shape index (κ2) is 9.23. The Morgan fingerprint density at radius 2 is 1.65 bits per heavy atom. The molecule has 0 bridgehead atoms. The molecule has 0 unspecified atom stereocenters. The van der Waals surface area contributed by atoms with Gasteiger partial charge < -0.3 is 14.2 Å². The molecule has 3 aromatic rings. The van der Waals surface area contributed by atoms with Crippen LogP contribution in [0.1, 0.15) is 61.7 Å². The van der Waals surface area contributed by atoms with E-state index in [-0.39, 0.29) is 5.41 Å². The normalized spacial score (nSPS) is 18.7. The lowest BCUT2D eigenvalue weighted by molar-refractivity contribution is 0.150. The zero-order valence-electron chi connectivity index (χ0n) is 18.1. The molecule has 2 heterocycles. The summed E-state index contributed by atoms with van der Waals surface area (Å²) in [5, 5.41) is 4.32. The topological polar surface area (TPSA) is 51.4 Å². The number of aromatic nitrogens is 2. The summed E-state index contributed by atoms with van der Waals surface area (Å²) in [5.74, 6) is 3.20. The lowest BCUT2D eigenvalue weighted by Gasteiger charge is -2.39. The van der Waals surface area contributed by atoms with Crippen LogP contribution in [0.15, 0.2) is 65.2 Å². The van der Waals surface area contributed by atoms with Gasteiger partial charge >= 0.3 is 0 Å². The number of unbranched alkanes of at least 4 members (excludes halogenated alkanes) is 1. The predicted octanol–water partition coefficient (Wildman–Crippen LogP) is 5.19. The third kappa shape index (κ3) is 4.67. The number of piperidine rings is 1. The van der Waals surface area contributed by atoms with E-state index in [4.69, 9.17) is 14.2 Å². The van der Waals surface area contributed by atoms with Gasteiger partial charge in [0.25, 0.3) is 0 Å². The van der Waals surface area contributed by atoms with Gasteiger partial charge in [-0.25, -0.2) is 0 Å². The van der Waals surface area contributed by atoms with Crippen molar-refractivity contribution in [2.75, 3.05) is 26.2 Å². The van der Waals surface area contributed by atoms with E-state index < -0.39 is 0 Å². The Kier molecular flexibility index (Phi) is 6.03. The van der Waals surface area contributed by atoms with Crippen molar-refractivity contribution in [3.63, 3.8) is 0 Å². The number of para-hydroxylation sites is 1. The minimum Gasteiger partial charge on any atom is -0.494 e. The van der Waals surface area contributed by atoms with Gasteiger partial charge in [0.2, 0.25) is 5.89 Å². The molecule has 1 saturated heterocycles. The van der Waals surface area contributed by atoms with Gasteiger partial charge in [0, 0.05) is 5.92 Å². The average molecular weight is 418 g/mol. The second-order valence-corrected chi connectivity index (χ2v) is 8.89.